The molecule has 3 aromatic carbocycles. The van der Waals surface area contributed by atoms with Gasteiger partial charge in [-0.2, -0.15) is 13.2 Å². The van der Waals surface area contributed by atoms with Crippen LogP contribution in [0.3, 0.4) is 0 Å². The lowest BCUT2D eigenvalue weighted by Crippen LogP contribution is -2.05. The normalized spacial score (nSPS) is 12.0. The molecule has 0 amide bonds. The predicted octanol–water partition coefficient (Wildman–Crippen LogP) is 6.31. The number of methoxy groups -OCH3 is 2. The summed E-state index contributed by atoms with van der Waals surface area (Å²) in [7, 11) is 3.09. The molecular formula is C23H19F3O2. The van der Waals surface area contributed by atoms with Crippen LogP contribution in [0.2, 0.25) is 0 Å². The second-order valence-electron chi connectivity index (χ2n) is 6.08. The highest BCUT2D eigenvalue weighted by atomic mass is 19.4. The van der Waals surface area contributed by atoms with Gasteiger partial charge in [-0.15, -0.1) is 0 Å². The maximum Gasteiger partial charge on any atom is 0.416 e. The smallest absolute Gasteiger partial charge is 0.416 e. The third-order valence-electron chi connectivity index (χ3n) is 4.34. The topological polar surface area (TPSA) is 18.5 Å². The van der Waals surface area contributed by atoms with Crippen molar-refractivity contribution in [2.24, 2.45) is 0 Å². The third kappa shape index (κ3) is 4.19. The fraction of sp³-hybridized carbons (Fsp3) is 0.130. The minimum atomic E-state index is -4.42. The first-order chi connectivity index (χ1) is 13.4. The Labute approximate surface area is 161 Å². The molecule has 0 unspecified atom stereocenters. The lowest BCUT2D eigenvalue weighted by molar-refractivity contribution is -0.137. The summed E-state index contributed by atoms with van der Waals surface area (Å²) in [6.45, 7) is 0. The van der Waals surface area contributed by atoms with E-state index in [1.807, 2.05) is 42.5 Å². The van der Waals surface area contributed by atoms with E-state index in [9.17, 15) is 13.2 Å². The fourth-order valence-electron chi connectivity index (χ4n) is 2.99. The van der Waals surface area contributed by atoms with E-state index in [2.05, 4.69) is 0 Å². The number of benzene rings is 3. The van der Waals surface area contributed by atoms with Crippen molar-refractivity contribution in [3.63, 3.8) is 0 Å². The Bertz CT molecular complexity index is 991. The average molecular weight is 384 g/mol. The van der Waals surface area contributed by atoms with E-state index in [4.69, 9.17) is 9.47 Å². The minimum Gasteiger partial charge on any atom is -0.496 e. The van der Waals surface area contributed by atoms with Crippen LogP contribution in [0.4, 0.5) is 13.2 Å². The van der Waals surface area contributed by atoms with Crippen molar-refractivity contribution >= 4 is 11.6 Å². The van der Waals surface area contributed by atoms with Crippen LogP contribution in [0.25, 0.3) is 11.6 Å². The maximum absolute atomic E-state index is 13.3. The Morgan fingerprint density at radius 2 is 1.43 bits per heavy atom. The van der Waals surface area contributed by atoms with E-state index in [-0.39, 0.29) is 0 Å². The van der Waals surface area contributed by atoms with Gasteiger partial charge in [0.1, 0.15) is 11.5 Å². The van der Waals surface area contributed by atoms with E-state index in [0.717, 1.165) is 17.7 Å². The van der Waals surface area contributed by atoms with E-state index in [0.29, 0.717) is 28.2 Å². The Hall–Kier alpha value is -3.21. The number of alkyl halides is 3. The van der Waals surface area contributed by atoms with Gasteiger partial charge in [-0.25, -0.2) is 0 Å². The van der Waals surface area contributed by atoms with E-state index >= 15 is 0 Å². The Balaban J connectivity index is 2.25. The molecule has 0 saturated carbocycles. The standard InChI is InChI=1S/C23H19F3O2/c1-27-21-12-5-3-8-17(21)15-20(19-11-4-6-13-22(19)28-2)16-9-7-10-18(14-16)23(24,25)26/h3-15H,1-2H3/b20-15-. The van der Waals surface area contributed by atoms with Crippen molar-refractivity contribution in [3.05, 3.63) is 95.1 Å². The molecule has 0 aliphatic rings. The molecule has 3 rings (SSSR count). The van der Waals surface area contributed by atoms with Crippen LogP contribution in [0.15, 0.2) is 72.8 Å². The van der Waals surface area contributed by atoms with Crippen molar-refractivity contribution in [1.82, 2.24) is 0 Å². The average Bonchev–Trinajstić information content (AvgIpc) is 2.71. The van der Waals surface area contributed by atoms with Crippen molar-refractivity contribution in [2.75, 3.05) is 14.2 Å². The number of halogens is 3. The molecule has 0 saturated heterocycles. The third-order valence-corrected chi connectivity index (χ3v) is 4.34. The lowest BCUT2D eigenvalue weighted by Gasteiger charge is -2.15. The first-order valence-corrected chi connectivity index (χ1v) is 8.60. The molecule has 0 spiro atoms. The van der Waals surface area contributed by atoms with Crippen LogP contribution in [-0.4, -0.2) is 14.2 Å². The monoisotopic (exact) mass is 384 g/mol. The molecule has 0 heterocycles. The number of hydrogen-bond donors (Lipinski definition) is 0. The van der Waals surface area contributed by atoms with Gasteiger partial charge in [0.2, 0.25) is 0 Å². The second-order valence-corrected chi connectivity index (χ2v) is 6.08. The van der Waals surface area contributed by atoms with Gasteiger partial charge in [0.15, 0.2) is 0 Å². The first kappa shape index (κ1) is 19.5. The Morgan fingerprint density at radius 3 is 2.11 bits per heavy atom. The number of ether oxygens (including phenoxy) is 2. The van der Waals surface area contributed by atoms with E-state index < -0.39 is 11.7 Å². The van der Waals surface area contributed by atoms with E-state index in [1.165, 1.54) is 13.2 Å². The Kier molecular flexibility index (Phi) is 5.73. The molecule has 144 valence electrons. The molecule has 0 atom stereocenters. The quantitative estimate of drug-likeness (QED) is 0.480. The molecule has 0 radical (unpaired) electrons. The minimum absolute atomic E-state index is 0.435. The summed E-state index contributed by atoms with van der Waals surface area (Å²) in [4.78, 5) is 0. The van der Waals surface area contributed by atoms with Crippen LogP contribution in [0.1, 0.15) is 22.3 Å². The first-order valence-electron chi connectivity index (χ1n) is 8.60. The molecule has 0 fully saturated rings. The van der Waals surface area contributed by atoms with Gasteiger partial charge in [-0.1, -0.05) is 48.5 Å². The number of para-hydroxylation sites is 2. The molecule has 0 aromatic heterocycles. The second kappa shape index (κ2) is 8.21. The summed E-state index contributed by atoms with van der Waals surface area (Å²) in [6.07, 6.45) is -2.61. The van der Waals surface area contributed by atoms with Crippen molar-refractivity contribution < 1.29 is 22.6 Å². The fourth-order valence-corrected chi connectivity index (χ4v) is 2.99. The molecule has 0 bridgehead atoms. The van der Waals surface area contributed by atoms with Gasteiger partial charge in [0.05, 0.1) is 19.8 Å². The molecule has 5 heteroatoms. The molecule has 0 aliphatic heterocycles. The van der Waals surface area contributed by atoms with Gasteiger partial charge in [-0.3, -0.25) is 0 Å². The number of hydrogen-bond acceptors (Lipinski definition) is 2. The van der Waals surface area contributed by atoms with Gasteiger partial charge in [0.25, 0.3) is 0 Å². The zero-order valence-electron chi connectivity index (χ0n) is 15.5. The molecule has 2 nitrogen and oxygen atoms in total. The summed E-state index contributed by atoms with van der Waals surface area (Å²) in [5.41, 5.74) is 1.78. The van der Waals surface area contributed by atoms with Gasteiger partial charge >= 0.3 is 6.18 Å². The molecule has 0 N–H and O–H groups in total. The van der Waals surface area contributed by atoms with Crippen LogP contribution in [0.5, 0.6) is 11.5 Å². The molecule has 3 aromatic rings. The lowest BCUT2D eigenvalue weighted by atomic mass is 9.93. The number of rotatable bonds is 5. The SMILES string of the molecule is COc1ccccc1/C=C(/c1cccc(C(F)(F)F)c1)c1ccccc1OC. The van der Waals surface area contributed by atoms with Crippen LogP contribution in [0, 0.1) is 0 Å². The summed E-state index contributed by atoms with van der Waals surface area (Å²) in [5.74, 6) is 1.20. The zero-order valence-corrected chi connectivity index (χ0v) is 15.5. The van der Waals surface area contributed by atoms with Gasteiger partial charge in [-0.05, 0) is 41.5 Å². The van der Waals surface area contributed by atoms with Crippen molar-refractivity contribution in [2.45, 2.75) is 6.18 Å². The van der Waals surface area contributed by atoms with Gasteiger partial charge < -0.3 is 9.47 Å². The van der Waals surface area contributed by atoms with Crippen molar-refractivity contribution in [3.8, 4) is 11.5 Å². The van der Waals surface area contributed by atoms with Crippen molar-refractivity contribution in [1.29, 1.82) is 0 Å². The highest BCUT2D eigenvalue weighted by Gasteiger charge is 2.30. The summed E-state index contributed by atoms with van der Waals surface area (Å²) in [5, 5.41) is 0. The molecule has 28 heavy (non-hydrogen) atoms. The predicted molar refractivity (Wildman–Crippen MR) is 104 cm³/mol. The van der Waals surface area contributed by atoms with E-state index in [1.54, 1.807) is 25.3 Å². The summed E-state index contributed by atoms with van der Waals surface area (Å²) < 4.78 is 50.6. The molecular weight excluding hydrogens is 365 g/mol. The van der Waals surface area contributed by atoms with Gasteiger partial charge in [0, 0.05) is 11.1 Å². The zero-order chi connectivity index (χ0) is 20.1. The highest BCUT2D eigenvalue weighted by Crippen LogP contribution is 2.37. The van der Waals surface area contributed by atoms with Crippen LogP contribution < -0.4 is 9.47 Å². The largest absolute Gasteiger partial charge is 0.496 e. The maximum atomic E-state index is 13.3. The highest BCUT2D eigenvalue weighted by molar-refractivity contribution is 5.94. The van der Waals surface area contributed by atoms with Crippen LogP contribution >= 0.6 is 0 Å². The van der Waals surface area contributed by atoms with Crippen LogP contribution in [-0.2, 0) is 6.18 Å². The summed E-state index contributed by atoms with van der Waals surface area (Å²) >= 11 is 0. The molecule has 0 aliphatic carbocycles. The summed E-state index contributed by atoms with van der Waals surface area (Å²) in [6, 6.07) is 19.8. The Morgan fingerprint density at radius 1 is 0.786 bits per heavy atom.